The molecule has 6 heteroatoms. The topological polar surface area (TPSA) is 48.9 Å². The fourth-order valence-electron chi connectivity index (χ4n) is 3.08. The molecule has 2 unspecified atom stereocenters. The van der Waals surface area contributed by atoms with Gasteiger partial charge in [-0.1, -0.05) is 0 Å². The number of likely N-dealkylation sites (tertiary alicyclic amines) is 1. The van der Waals surface area contributed by atoms with Gasteiger partial charge in [-0.25, -0.2) is 0 Å². The largest absolute Gasteiger partial charge is 0.376 e. The highest BCUT2D eigenvalue weighted by atomic mass is 127. The standard InChI is InChI=1S/C14H26N4O.HI/c1-15-14(16-9-13-3-2-8-19-13)17-11-6-7-18(10-11)12-4-5-12;/h11-13H,2-10H2,1H3,(H2,15,16,17);1H. The maximum absolute atomic E-state index is 5.62. The molecule has 2 atom stereocenters. The van der Waals surface area contributed by atoms with Crippen LogP contribution in [-0.2, 0) is 4.74 Å². The summed E-state index contributed by atoms with van der Waals surface area (Å²) >= 11 is 0. The van der Waals surface area contributed by atoms with Gasteiger partial charge in [-0.3, -0.25) is 9.89 Å². The Labute approximate surface area is 138 Å². The Morgan fingerprint density at radius 1 is 1.30 bits per heavy atom. The van der Waals surface area contributed by atoms with Crippen LogP contribution in [0.4, 0.5) is 0 Å². The summed E-state index contributed by atoms with van der Waals surface area (Å²) < 4.78 is 5.62. The molecule has 0 amide bonds. The monoisotopic (exact) mass is 394 g/mol. The Balaban J connectivity index is 0.00000147. The highest BCUT2D eigenvalue weighted by Gasteiger charge is 2.34. The molecule has 0 spiro atoms. The van der Waals surface area contributed by atoms with E-state index in [1.54, 1.807) is 0 Å². The van der Waals surface area contributed by atoms with E-state index in [4.69, 9.17) is 4.74 Å². The van der Waals surface area contributed by atoms with Crippen LogP contribution in [0.15, 0.2) is 4.99 Å². The third-order valence-corrected chi connectivity index (χ3v) is 4.37. The Kier molecular flexibility index (Phi) is 6.35. The van der Waals surface area contributed by atoms with E-state index >= 15 is 0 Å². The lowest BCUT2D eigenvalue weighted by Gasteiger charge is -2.19. The van der Waals surface area contributed by atoms with Gasteiger partial charge in [-0.05, 0) is 32.1 Å². The van der Waals surface area contributed by atoms with E-state index in [1.165, 1.54) is 45.2 Å². The molecule has 116 valence electrons. The molecule has 0 radical (unpaired) electrons. The number of halogens is 1. The Morgan fingerprint density at radius 2 is 2.15 bits per heavy atom. The lowest BCUT2D eigenvalue weighted by molar-refractivity contribution is 0.113. The molecular formula is C14H27IN4O. The molecular weight excluding hydrogens is 367 g/mol. The maximum Gasteiger partial charge on any atom is 0.191 e. The van der Waals surface area contributed by atoms with Crippen LogP contribution in [-0.4, -0.2) is 62.3 Å². The molecule has 0 aromatic rings. The fourth-order valence-corrected chi connectivity index (χ4v) is 3.08. The molecule has 2 aliphatic heterocycles. The van der Waals surface area contributed by atoms with Gasteiger partial charge >= 0.3 is 0 Å². The molecule has 3 aliphatic rings. The van der Waals surface area contributed by atoms with Crippen molar-refractivity contribution in [1.29, 1.82) is 0 Å². The van der Waals surface area contributed by atoms with Crippen LogP contribution in [0.5, 0.6) is 0 Å². The number of hydrogen-bond acceptors (Lipinski definition) is 3. The Bertz CT molecular complexity index is 329. The van der Waals surface area contributed by atoms with Gasteiger partial charge in [-0.15, -0.1) is 24.0 Å². The molecule has 0 aromatic heterocycles. The van der Waals surface area contributed by atoms with Crippen molar-refractivity contribution in [2.75, 3.05) is 33.3 Å². The second-order valence-electron chi connectivity index (χ2n) is 5.94. The van der Waals surface area contributed by atoms with Gasteiger partial charge in [0.1, 0.15) is 0 Å². The van der Waals surface area contributed by atoms with Crippen LogP contribution >= 0.6 is 24.0 Å². The van der Waals surface area contributed by atoms with E-state index in [2.05, 4.69) is 20.5 Å². The van der Waals surface area contributed by atoms with E-state index < -0.39 is 0 Å². The first-order valence-electron chi connectivity index (χ1n) is 7.68. The summed E-state index contributed by atoms with van der Waals surface area (Å²) in [5.74, 6) is 0.929. The number of aliphatic imine (C=N–C) groups is 1. The second-order valence-corrected chi connectivity index (χ2v) is 5.94. The molecule has 3 rings (SSSR count). The summed E-state index contributed by atoms with van der Waals surface area (Å²) in [5, 5.41) is 6.94. The summed E-state index contributed by atoms with van der Waals surface area (Å²) in [7, 11) is 1.85. The number of nitrogens with one attached hydrogen (secondary N) is 2. The number of ether oxygens (including phenoxy) is 1. The molecule has 2 N–H and O–H groups in total. The van der Waals surface area contributed by atoms with Crippen LogP contribution < -0.4 is 10.6 Å². The maximum atomic E-state index is 5.62. The van der Waals surface area contributed by atoms with Crippen molar-refractivity contribution in [3.63, 3.8) is 0 Å². The van der Waals surface area contributed by atoms with E-state index in [0.29, 0.717) is 12.1 Å². The van der Waals surface area contributed by atoms with Crippen LogP contribution in [0.2, 0.25) is 0 Å². The van der Waals surface area contributed by atoms with Crippen molar-refractivity contribution < 1.29 is 4.74 Å². The van der Waals surface area contributed by atoms with E-state index in [1.807, 2.05) is 7.05 Å². The summed E-state index contributed by atoms with van der Waals surface area (Å²) in [6.07, 6.45) is 6.76. The molecule has 1 aliphatic carbocycles. The molecule has 3 fully saturated rings. The summed E-state index contributed by atoms with van der Waals surface area (Å²) in [4.78, 5) is 6.93. The van der Waals surface area contributed by atoms with Crippen LogP contribution in [0.3, 0.4) is 0 Å². The number of hydrogen-bond donors (Lipinski definition) is 2. The smallest absolute Gasteiger partial charge is 0.191 e. The highest BCUT2D eigenvalue weighted by Crippen LogP contribution is 2.29. The van der Waals surface area contributed by atoms with Crippen LogP contribution in [0.1, 0.15) is 32.1 Å². The summed E-state index contributed by atoms with van der Waals surface area (Å²) in [6.45, 7) is 4.20. The lowest BCUT2D eigenvalue weighted by Crippen LogP contribution is -2.46. The van der Waals surface area contributed by atoms with Gasteiger partial charge in [0, 0.05) is 45.4 Å². The molecule has 1 saturated carbocycles. The zero-order valence-electron chi connectivity index (χ0n) is 12.3. The minimum Gasteiger partial charge on any atom is -0.376 e. The van der Waals surface area contributed by atoms with Crippen molar-refractivity contribution in [2.24, 2.45) is 4.99 Å². The summed E-state index contributed by atoms with van der Waals surface area (Å²) in [5.41, 5.74) is 0. The third kappa shape index (κ3) is 4.46. The summed E-state index contributed by atoms with van der Waals surface area (Å²) in [6, 6.07) is 1.44. The second kappa shape index (κ2) is 7.79. The molecule has 0 bridgehead atoms. The van der Waals surface area contributed by atoms with Gasteiger partial charge in [0.25, 0.3) is 0 Å². The van der Waals surface area contributed by atoms with Gasteiger partial charge in [0.15, 0.2) is 5.96 Å². The Hall–Kier alpha value is -0.0800. The van der Waals surface area contributed by atoms with Crippen molar-refractivity contribution in [2.45, 2.75) is 50.3 Å². The first-order valence-corrected chi connectivity index (χ1v) is 7.68. The van der Waals surface area contributed by atoms with Crippen LogP contribution in [0, 0.1) is 0 Å². The predicted octanol–water partition coefficient (Wildman–Crippen LogP) is 1.19. The molecule has 20 heavy (non-hydrogen) atoms. The lowest BCUT2D eigenvalue weighted by atomic mass is 10.2. The van der Waals surface area contributed by atoms with Gasteiger partial charge < -0.3 is 15.4 Å². The Morgan fingerprint density at radius 3 is 2.80 bits per heavy atom. The van der Waals surface area contributed by atoms with Crippen molar-refractivity contribution in [1.82, 2.24) is 15.5 Å². The van der Waals surface area contributed by atoms with Gasteiger partial charge in [-0.2, -0.15) is 0 Å². The number of nitrogens with zero attached hydrogens (tertiary/aromatic N) is 2. The third-order valence-electron chi connectivity index (χ3n) is 4.37. The molecule has 2 heterocycles. The highest BCUT2D eigenvalue weighted by molar-refractivity contribution is 14.0. The molecule has 0 aromatic carbocycles. The van der Waals surface area contributed by atoms with Crippen molar-refractivity contribution >= 4 is 29.9 Å². The fraction of sp³-hybridized carbons (Fsp3) is 0.929. The van der Waals surface area contributed by atoms with Crippen molar-refractivity contribution in [3.05, 3.63) is 0 Å². The number of guanidine groups is 1. The van der Waals surface area contributed by atoms with Gasteiger partial charge in [0.05, 0.1) is 6.10 Å². The SMILES string of the molecule is CN=C(NCC1CCCO1)NC1CCN(C2CC2)C1.I. The first kappa shape index (κ1) is 16.3. The van der Waals surface area contributed by atoms with Gasteiger partial charge in [0.2, 0.25) is 0 Å². The zero-order chi connectivity index (χ0) is 13.1. The average Bonchev–Trinajstić information content (AvgIpc) is 2.96. The minimum atomic E-state index is 0. The quantitative estimate of drug-likeness (QED) is 0.427. The number of rotatable bonds is 4. The zero-order valence-corrected chi connectivity index (χ0v) is 14.6. The predicted molar refractivity (Wildman–Crippen MR) is 91.9 cm³/mol. The first-order chi connectivity index (χ1) is 9.35. The normalized spacial score (nSPS) is 31.1. The van der Waals surface area contributed by atoms with E-state index in [9.17, 15) is 0 Å². The average molecular weight is 394 g/mol. The molecule has 5 nitrogen and oxygen atoms in total. The molecule has 2 saturated heterocycles. The van der Waals surface area contributed by atoms with Crippen molar-refractivity contribution in [3.8, 4) is 0 Å². The van der Waals surface area contributed by atoms with Crippen LogP contribution in [0.25, 0.3) is 0 Å². The van der Waals surface area contributed by atoms with E-state index in [0.717, 1.165) is 25.2 Å². The van der Waals surface area contributed by atoms with E-state index in [-0.39, 0.29) is 24.0 Å². The minimum absolute atomic E-state index is 0.